The van der Waals surface area contributed by atoms with Gasteiger partial charge in [0.05, 0.1) is 23.4 Å². The van der Waals surface area contributed by atoms with Crippen LogP contribution in [0.15, 0.2) is 34.4 Å². The molecule has 10 heteroatoms. The van der Waals surface area contributed by atoms with Crippen LogP contribution in [0.4, 0.5) is 0 Å². The Morgan fingerprint density at radius 3 is 2.58 bits per heavy atom. The highest BCUT2D eigenvalue weighted by Crippen LogP contribution is 2.31. The van der Waals surface area contributed by atoms with Crippen LogP contribution in [0, 0.1) is 0 Å². The van der Waals surface area contributed by atoms with E-state index in [1.807, 2.05) is 29.6 Å². The number of halogens is 1. The van der Waals surface area contributed by atoms with Crippen molar-refractivity contribution in [2.24, 2.45) is 0 Å². The maximum atomic E-state index is 12.9. The molecule has 4 heterocycles. The van der Waals surface area contributed by atoms with E-state index in [9.17, 15) is 13.2 Å². The number of aromatic nitrogens is 2. The summed E-state index contributed by atoms with van der Waals surface area (Å²) in [4.78, 5) is 25.8. The molecule has 2 aliphatic heterocycles. The molecule has 1 N–H and O–H groups in total. The predicted octanol–water partition coefficient (Wildman–Crippen LogP) is 2.61. The molecule has 0 amide bonds. The first kappa shape index (κ1) is 21.1. The summed E-state index contributed by atoms with van der Waals surface area (Å²) in [6.07, 6.45) is 0.738. The molecule has 7 nitrogen and oxygen atoms in total. The van der Waals surface area contributed by atoms with E-state index in [-0.39, 0.29) is 17.4 Å². The number of piperazine rings is 1. The SMILES string of the molecule is O=c1[nH]c(CN2CCN([C@@H]3CCS(=O)(=O)C3)CC2)nc2scc(-c3ccc(Cl)cc3)c12. The predicted molar refractivity (Wildman–Crippen MR) is 125 cm³/mol. The first-order valence-electron chi connectivity index (χ1n) is 10.3. The van der Waals surface area contributed by atoms with Crippen molar-refractivity contribution >= 4 is 43.0 Å². The summed E-state index contributed by atoms with van der Waals surface area (Å²) in [6.45, 7) is 3.92. The summed E-state index contributed by atoms with van der Waals surface area (Å²) in [7, 11) is -2.86. The Morgan fingerprint density at radius 1 is 1.16 bits per heavy atom. The minimum atomic E-state index is -2.86. The number of hydrogen-bond donors (Lipinski definition) is 1. The molecule has 0 unspecified atom stereocenters. The number of benzene rings is 1. The number of fused-ring (bicyclic) bond motifs is 1. The van der Waals surface area contributed by atoms with E-state index in [1.165, 1.54) is 11.3 Å². The Labute approximate surface area is 189 Å². The second-order valence-corrected chi connectivity index (χ2v) is 11.7. The van der Waals surface area contributed by atoms with Crippen LogP contribution in [-0.2, 0) is 16.4 Å². The van der Waals surface area contributed by atoms with Crippen LogP contribution < -0.4 is 5.56 Å². The van der Waals surface area contributed by atoms with Gasteiger partial charge in [0.25, 0.3) is 5.56 Å². The third kappa shape index (κ3) is 4.42. The molecule has 0 spiro atoms. The van der Waals surface area contributed by atoms with Gasteiger partial charge in [-0.1, -0.05) is 23.7 Å². The molecule has 1 atom stereocenters. The Morgan fingerprint density at radius 2 is 1.90 bits per heavy atom. The molecule has 0 radical (unpaired) electrons. The van der Waals surface area contributed by atoms with E-state index >= 15 is 0 Å². The number of nitrogens with one attached hydrogen (secondary N) is 1. The van der Waals surface area contributed by atoms with Crippen LogP contribution >= 0.6 is 22.9 Å². The molecule has 0 aliphatic carbocycles. The summed E-state index contributed by atoms with van der Waals surface area (Å²) in [5, 5.41) is 3.24. The van der Waals surface area contributed by atoms with Crippen molar-refractivity contribution in [2.75, 3.05) is 37.7 Å². The van der Waals surface area contributed by atoms with Crippen LogP contribution in [0.3, 0.4) is 0 Å². The molecule has 2 aromatic heterocycles. The molecule has 1 aromatic carbocycles. The van der Waals surface area contributed by atoms with Gasteiger partial charge in [-0.25, -0.2) is 13.4 Å². The Balaban J connectivity index is 1.29. The summed E-state index contributed by atoms with van der Waals surface area (Å²) in [5.41, 5.74) is 1.69. The van der Waals surface area contributed by atoms with E-state index in [4.69, 9.17) is 16.6 Å². The van der Waals surface area contributed by atoms with Gasteiger partial charge in [0, 0.05) is 48.2 Å². The van der Waals surface area contributed by atoms with E-state index in [0.717, 1.165) is 48.6 Å². The average molecular weight is 479 g/mol. The molecule has 5 rings (SSSR count). The fourth-order valence-electron chi connectivity index (χ4n) is 4.47. The van der Waals surface area contributed by atoms with Gasteiger partial charge < -0.3 is 4.98 Å². The quantitative estimate of drug-likeness (QED) is 0.620. The van der Waals surface area contributed by atoms with Crippen LogP contribution in [0.2, 0.25) is 5.02 Å². The van der Waals surface area contributed by atoms with Crippen molar-refractivity contribution in [3.05, 3.63) is 50.8 Å². The van der Waals surface area contributed by atoms with Crippen molar-refractivity contribution in [3.8, 4) is 11.1 Å². The Bertz CT molecular complexity index is 1260. The minimum absolute atomic E-state index is 0.124. The lowest BCUT2D eigenvalue weighted by Crippen LogP contribution is -2.50. The normalized spacial score (nSPS) is 22.3. The summed E-state index contributed by atoms with van der Waals surface area (Å²) in [5.74, 6) is 1.26. The van der Waals surface area contributed by atoms with Crippen molar-refractivity contribution in [1.82, 2.24) is 19.8 Å². The fourth-order valence-corrected chi connectivity index (χ4v) is 7.33. The first-order chi connectivity index (χ1) is 14.9. The van der Waals surface area contributed by atoms with Crippen molar-refractivity contribution in [2.45, 2.75) is 19.0 Å². The lowest BCUT2D eigenvalue weighted by atomic mass is 10.1. The Kier molecular flexibility index (Phi) is 5.64. The largest absolute Gasteiger partial charge is 0.309 e. The van der Waals surface area contributed by atoms with Crippen molar-refractivity contribution < 1.29 is 8.42 Å². The maximum absolute atomic E-state index is 12.9. The number of rotatable bonds is 4. The zero-order valence-corrected chi connectivity index (χ0v) is 19.3. The van der Waals surface area contributed by atoms with Gasteiger partial charge in [0.1, 0.15) is 10.7 Å². The molecule has 0 saturated carbocycles. The maximum Gasteiger partial charge on any atom is 0.260 e. The van der Waals surface area contributed by atoms with Crippen LogP contribution in [0.1, 0.15) is 12.2 Å². The van der Waals surface area contributed by atoms with Gasteiger partial charge in [-0.2, -0.15) is 0 Å². The number of nitrogens with zero attached hydrogens (tertiary/aromatic N) is 3. The second kappa shape index (κ2) is 8.29. The van der Waals surface area contributed by atoms with Crippen LogP contribution in [0.5, 0.6) is 0 Å². The van der Waals surface area contributed by atoms with Crippen molar-refractivity contribution in [3.63, 3.8) is 0 Å². The lowest BCUT2D eigenvalue weighted by molar-refractivity contribution is 0.0984. The first-order valence-corrected chi connectivity index (χ1v) is 13.4. The highest BCUT2D eigenvalue weighted by Gasteiger charge is 2.33. The van der Waals surface area contributed by atoms with Gasteiger partial charge >= 0.3 is 0 Å². The monoisotopic (exact) mass is 478 g/mol. The summed E-state index contributed by atoms with van der Waals surface area (Å²) in [6, 6.07) is 7.60. The van der Waals surface area contributed by atoms with E-state index in [2.05, 4.69) is 14.8 Å². The third-order valence-corrected chi connectivity index (χ3v) is 9.03. The van der Waals surface area contributed by atoms with Crippen molar-refractivity contribution in [1.29, 1.82) is 0 Å². The fraction of sp³-hybridized carbons (Fsp3) is 0.429. The zero-order chi connectivity index (χ0) is 21.6. The van der Waals surface area contributed by atoms with Crippen LogP contribution in [-0.4, -0.2) is 71.9 Å². The topological polar surface area (TPSA) is 86.4 Å². The molecule has 31 heavy (non-hydrogen) atoms. The molecule has 2 fully saturated rings. The van der Waals surface area contributed by atoms with Gasteiger partial charge in [0.15, 0.2) is 9.84 Å². The second-order valence-electron chi connectivity index (χ2n) is 8.22. The molecule has 164 valence electrons. The van der Waals surface area contributed by atoms with Gasteiger partial charge in [-0.3, -0.25) is 14.6 Å². The molecule has 3 aromatic rings. The standard InChI is InChI=1S/C21H23ClN4O3S2/c22-15-3-1-14(2-4-15)17-12-30-21-19(17)20(27)23-18(24-21)11-25-6-8-26(9-7-25)16-5-10-31(28,29)13-16/h1-4,12,16H,5-11,13H2,(H,23,24,27)/t16-/m1/s1. The van der Waals surface area contributed by atoms with E-state index < -0.39 is 9.84 Å². The van der Waals surface area contributed by atoms with Gasteiger partial charge in [-0.05, 0) is 24.1 Å². The van der Waals surface area contributed by atoms with E-state index in [1.54, 1.807) is 0 Å². The van der Waals surface area contributed by atoms with E-state index in [0.29, 0.717) is 28.5 Å². The number of aromatic amines is 1. The highest BCUT2D eigenvalue weighted by molar-refractivity contribution is 7.91. The Hall–Kier alpha value is -1.78. The number of hydrogen-bond acceptors (Lipinski definition) is 7. The minimum Gasteiger partial charge on any atom is -0.309 e. The molecular weight excluding hydrogens is 456 g/mol. The van der Waals surface area contributed by atoms with Crippen LogP contribution in [0.25, 0.3) is 21.3 Å². The average Bonchev–Trinajstić information content (AvgIpc) is 3.33. The highest BCUT2D eigenvalue weighted by atomic mass is 35.5. The molecule has 0 bridgehead atoms. The summed E-state index contributed by atoms with van der Waals surface area (Å²) >= 11 is 7.45. The third-order valence-electron chi connectivity index (χ3n) is 6.15. The van der Waals surface area contributed by atoms with Gasteiger partial charge in [0.2, 0.25) is 0 Å². The zero-order valence-electron chi connectivity index (χ0n) is 16.9. The number of thiophene rings is 1. The smallest absolute Gasteiger partial charge is 0.260 e. The molecule has 2 aliphatic rings. The van der Waals surface area contributed by atoms with Gasteiger partial charge in [-0.15, -0.1) is 11.3 Å². The lowest BCUT2D eigenvalue weighted by Gasteiger charge is -2.37. The molecule has 2 saturated heterocycles. The molecular formula is C21H23ClN4O3S2. The summed E-state index contributed by atoms with van der Waals surface area (Å²) < 4.78 is 23.5. The number of sulfone groups is 1. The number of H-pyrrole nitrogens is 1.